The number of hydrogen-bond donors (Lipinski definition) is 0. The molecule has 86 valence electrons. The van der Waals surface area contributed by atoms with E-state index in [1.54, 1.807) is 24.7 Å². The first kappa shape index (κ1) is 10.4. The van der Waals surface area contributed by atoms with Crippen molar-refractivity contribution in [3.8, 4) is 11.8 Å². The average molecular weight is 238 g/mol. The summed E-state index contributed by atoms with van der Waals surface area (Å²) in [5, 5.41) is 13.6. The number of hydrogen-bond acceptors (Lipinski definition) is 3. The van der Waals surface area contributed by atoms with Gasteiger partial charge in [0.1, 0.15) is 5.52 Å². The van der Waals surface area contributed by atoms with Crippen LogP contribution in [0.1, 0.15) is 5.56 Å². The summed E-state index contributed by atoms with van der Waals surface area (Å²) in [6.45, 7) is 0. The Balaban J connectivity index is 2.30. The maximum Gasteiger partial charge on any atom is 0.151 e. The van der Waals surface area contributed by atoms with E-state index in [2.05, 4.69) is 10.1 Å². The van der Waals surface area contributed by atoms with Crippen LogP contribution in [0.15, 0.2) is 42.9 Å². The highest BCUT2D eigenvalue weighted by Crippen LogP contribution is 2.21. The lowest BCUT2D eigenvalue weighted by Crippen LogP contribution is -1.94. The van der Waals surface area contributed by atoms with Gasteiger partial charge in [0.15, 0.2) is 5.82 Å². The monoisotopic (exact) mass is 238 g/mol. The summed E-state index contributed by atoms with van der Waals surface area (Å²) < 4.78 is 15.1. The van der Waals surface area contributed by atoms with Crippen LogP contribution in [-0.2, 0) is 0 Å². The summed E-state index contributed by atoms with van der Waals surface area (Å²) in [7, 11) is 0. The van der Waals surface area contributed by atoms with E-state index in [0.29, 0.717) is 10.9 Å². The van der Waals surface area contributed by atoms with Crippen molar-refractivity contribution in [1.82, 2.24) is 14.8 Å². The third-order valence-electron chi connectivity index (χ3n) is 2.66. The molecule has 0 bridgehead atoms. The first-order valence-electron chi connectivity index (χ1n) is 5.28. The normalized spacial score (nSPS) is 10.4. The summed E-state index contributed by atoms with van der Waals surface area (Å²) in [6, 6.07) is 8.30. The zero-order valence-electron chi connectivity index (χ0n) is 9.21. The van der Waals surface area contributed by atoms with Crippen LogP contribution in [0.4, 0.5) is 4.39 Å². The molecule has 0 saturated heterocycles. The molecule has 0 fully saturated rings. The van der Waals surface area contributed by atoms with Crippen LogP contribution in [0, 0.1) is 17.1 Å². The first-order chi connectivity index (χ1) is 8.79. The highest BCUT2D eigenvalue weighted by molar-refractivity contribution is 5.85. The highest BCUT2D eigenvalue weighted by Gasteiger charge is 2.11. The van der Waals surface area contributed by atoms with Crippen LogP contribution in [0.2, 0.25) is 0 Å². The number of nitriles is 1. The van der Waals surface area contributed by atoms with Crippen molar-refractivity contribution in [2.75, 3.05) is 0 Å². The second-order valence-electron chi connectivity index (χ2n) is 3.75. The molecule has 0 N–H and O–H groups in total. The van der Waals surface area contributed by atoms with E-state index in [1.807, 2.05) is 12.1 Å². The summed E-state index contributed by atoms with van der Waals surface area (Å²) in [5.41, 5.74) is 1.32. The van der Waals surface area contributed by atoms with E-state index < -0.39 is 5.82 Å². The number of nitrogens with zero attached hydrogens (tertiary/aromatic N) is 4. The van der Waals surface area contributed by atoms with Gasteiger partial charge in [-0.2, -0.15) is 10.4 Å². The Hall–Kier alpha value is -2.74. The predicted molar refractivity (Wildman–Crippen MR) is 63.5 cm³/mol. The number of rotatable bonds is 1. The lowest BCUT2D eigenvalue weighted by molar-refractivity contribution is 0.634. The van der Waals surface area contributed by atoms with E-state index in [9.17, 15) is 4.39 Å². The third kappa shape index (κ3) is 1.52. The SMILES string of the molecule is N#Cc1ccc(F)c2nn(-c3cccnc3)cc12. The fourth-order valence-electron chi connectivity index (χ4n) is 1.79. The summed E-state index contributed by atoms with van der Waals surface area (Å²) in [5.74, 6) is -0.438. The van der Waals surface area contributed by atoms with Gasteiger partial charge in [0, 0.05) is 17.8 Å². The molecule has 0 spiro atoms. The van der Waals surface area contributed by atoms with Crippen LogP contribution in [0.3, 0.4) is 0 Å². The van der Waals surface area contributed by atoms with Crippen molar-refractivity contribution in [1.29, 1.82) is 5.26 Å². The number of fused-ring (bicyclic) bond motifs is 1. The van der Waals surface area contributed by atoms with Crippen molar-refractivity contribution in [2.24, 2.45) is 0 Å². The zero-order valence-corrected chi connectivity index (χ0v) is 9.21. The topological polar surface area (TPSA) is 54.5 Å². The molecule has 0 radical (unpaired) electrons. The van der Waals surface area contributed by atoms with Gasteiger partial charge in [0.25, 0.3) is 0 Å². The molecule has 0 aliphatic heterocycles. The van der Waals surface area contributed by atoms with Gasteiger partial charge in [-0.3, -0.25) is 4.98 Å². The summed E-state index contributed by atoms with van der Waals surface area (Å²) in [6.07, 6.45) is 4.90. The van der Waals surface area contributed by atoms with Gasteiger partial charge in [-0.15, -0.1) is 0 Å². The standard InChI is InChI=1S/C13H7FN4/c14-12-4-3-9(6-15)11-8-18(17-13(11)12)10-2-1-5-16-7-10/h1-5,7-8H. The second kappa shape index (κ2) is 3.93. The maximum absolute atomic E-state index is 13.6. The van der Waals surface area contributed by atoms with E-state index in [1.165, 1.54) is 16.8 Å². The highest BCUT2D eigenvalue weighted by atomic mass is 19.1. The predicted octanol–water partition coefficient (Wildman–Crippen LogP) is 2.43. The minimum atomic E-state index is -0.438. The third-order valence-corrected chi connectivity index (χ3v) is 2.66. The Bertz CT molecular complexity index is 756. The Morgan fingerprint density at radius 1 is 1.28 bits per heavy atom. The Morgan fingerprint density at radius 3 is 2.89 bits per heavy atom. The second-order valence-corrected chi connectivity index (χ2v) is 3.75. The largest absolute Gasteiger partial charge is 0.262 e. The lowest BCUT2D eigenvalue weighted by atomic mass is 10.1. The molecule has 0 unspecified atom stereocenters. The number of halogens is 1. The average Bonchev–Trinajstić information content (AvgIpc) is 2.86. The zero-order chi connectivity index (χ0) is 12.5. The fourth-order valence-corrected chi connectivity index (χ4v) is 1.79. The van der Waals surface area contributed by atoms with Gasteiger partial charge in [-0.1, -0.05) is 0 Å². The summed E-state index contributed by atoms with van der Waals surface area (Å²) in [4.78, 5) is 3.98. The molecule has 0 aliphatic rings. The molecule has 1 aromatic carbocycles. The number of pyridine rings is 1. The van der Waals surface area contributed by atoms with Crippen molar-refractivity contribution in [3.63, 3.8) is 0 Å². The molecular weight excluding hydrogens is 231 g/mol. The van der Waals surface area contributed by atoms with Gasteiger partial charge < -0.3 is 0 Å². The van der Waals surface area contributed by atoms with Crippen molar-refractivity contribution in [2.45, 2.75) is 0 Å². The first-order valence-corrected chi connectivity index (χ1v) is 5.28. The van der Waals surface area contributed by atoms with E-state index in [-0.39, 0.29) is 5.52 Å². The Kier molecular flexibility index (Phi) is 2.27. The van der Waals surface area contributed by atoms with Crippen LogP contribution in [-0.4, -0.2) is 14.8 Å². The van der Waals surface area contributed by atoms with Gasteiger partial charge >= 0.3 is 0 Å². The summed E-state index contributed by atoms with van der Waals surface area (Å²) >= 11 is 0. The van der Waals surface area contributed by atoms with Crippen LogP contribution in [0.5, 0.6) is 0 Å². The van der Waals surface area contributed by atoms with Gasteiger partial charge in [0.2, 0.25) is 0 Å². The molecule has 0 atom stereocenters. The quantitative estimate of drug-likeness (QED) is 0.654. The maximum atomic E-state index is 13.6. The smallest absolute Gasteiger partial charge is 0.151 e. The number of aromatic nitrogens is 3. The lowest BCUT2D eigenvalue weighted by Gasteiger charge is -1.97. The van der Waals surface area contributed by atoms with E-state index >= 15 is 0 Å². The minimum absolute atomic E-state index is 0.193. The fraction of sp³-hybridized carbons (Fsp3) is 0. The molecule has 0 amide bonds. The molecule has 3 rings (SSSR count). The van der Waals surface area contributed by atoms with Gasteiger partial charge in [-0.25, -0.2) is 9.07 Å². The Morgan fingerprint density at radius 2 is 2.17 bits per heavy atom. The molecule has 5 heteroatoms. The molecule has 18 heavy (non-hydrogen) atoms. The van der Waals surface area contributed by atoms with Gasteiger partial charge in [-0.05, 0) is 24.3 Å². The molecule has 2 heterocycles. The van der Waals surface area contributed by atoms with Crippen LogP contribution in [0.25, 0.3) is 16.6 Å². The van der Waals surface area contributed by atoms with Crippen molar-refractivity contribution >= 4 is 10.9 Å². The molecule has 0 aliphatic carbocycles. The van der Waals surface area contributed by atoms with Gasteiger partial charge in [0.05, 0.1) is 23.5 Å². The van der Waals surface area contributed by atoms with Crippen molar-refractivity contribution in [3.05, 3.63) is 54.2 Å². The molecule has 3 aromatic rings. The van der Waals surface area contributed by atoms with Crippen molar-refractivity contribution < 1.29 is 4.39 Å². The van der Waals surface area contributed by atoms with E-state index in [4.69, 9.17) is 5.26 Å². The molecule has 0 saturated carbocycles. The minimum Gasteiger partial charge on any atom is -0.262 e. The number of benzene rings is 1. The van der Waals surface area contributed by atoms with Crippen LogP contribution < -0.4 is 0 Å². The molecule has 2 aromatic heterocycles. The van der Waals surface area contributed by atoms with Crippen LogP contribution >= 0.6 is 0 Å². The molecular formula is C13H7FN4. The molecule has 4 nitrogen and oxygen atoms in total. The van der Waals surface area contributed by atoms with E-state index in [0.717, 1.165) is 5.69 Å². The Labute approximate surface area is 102 Å².